The zero-order chi connectivity index (χ0) is 24.9. The second kappa shape index (κ2) is 11.1. The Morgan fingerprint density at radius 3 is 2.33 bits per heavy atom. The van der Waals surface area contributed by atoms with Gasteiger partial charge in [-0.15, -0.1) is 0 Å². The first kappa shape index (κ1) is 24.3. The van der Waals surface area contributed by atoms with Crippen LogP contribution in [0.5, 0.6) is 0 Å². The number of amides is 1. The molecule has 2 saturated carbocycles. The summed E-state index contributed by atoms with van der Waals surface area (Å²) < 4.78 is 1.98. The normalized spacial score (nSPS) is 18.1. The zero-order valence-electron chi connectivity index (χ0n) is 20.8. The van der Waals surface area contributed by atoms with Gasteiger partial charge in [0.25, 0.3) is 5.91 Å². The van der Waals surface area contributed by atoms with Gasteiger partial charge in [0.1, 0.15) is 11.5 Å². The molecular formula is C29H36N4O3. The Balaban J connectivity index is 1.50. The molecule has 0 radical (unpaired) electrons. The fourth-order valence-corrected chi connectivity index (χ4v) is 5.93. The highest BCUT2D eigenvalue weighted by molar-refractivity contribution is 6.01. The van der Waals surface area contributed by atoms with Crippen LogP contribution in [0.4, 0.5) is 5.82 Å². The molecule has 5 rings (SSSR count). The molecule has 3 N–H and O–H groups in total. The molecule has 190 valence electrons. The number of carbonyl (C=O) groups excluding carboxylic acids is 1. The Kier molecular flexibility index (Phi) is 7.54. The number of imidazole rings is 1. The summed E-state index contributed by atoms with van der Waals surface area (Å²) >= 11 is 0. The molecule has 2 aliphatic rings. The second-order valence-electron chi connectivity index (χ2n) is 10.3. The summed E-state index contributed by atoms with van der Waals surface area (Å²) in [7, 11) is 0. The third-order valence-electron chi connectivity index (χ3n) is 7.82. The molecule has 1 unspecified atom stereocenters. The lowest BCUT2D eigenvalue weighted by atomic mass is 9.82. The number of hydrogen-bond donors (Lipinski definition) is 3. The molecule has 0 spiro atoms. The van der Waals surface area contributed by atoms with Gasteiger partial charge in [-0.1, -0.05) is 68.9 Å². The van der Waals surface area contributed by atoms with E-state index in [4.69, 9.17) is 4.98 Å². The molecule has 2 fully saturated rings. The number of nitrogens with zero attached hydrogens (tertiary/aromatic N) is 2. The molecule has 3 aromatic rings. The molecule has 2 aromatic heterocycles. The van der Waals surface area contributed by atoms with Gasteiger partial charge in [-0.25, -0.2) is 4.98 Å². The number of nitrogens with one attached hydrogen (secondary N) is 2. The first-order valence-electron chi connectivity index (χ1n) is 13.5. The highest BCUT2D eigenvalue weighted by Crippen LogP contribution is 2.33. The van der Waals surface area contributed by atoms with Crippen LogP contribution in [0.1, 0.15) is 81.0 Å². The predicted molar refractivity (Wildman–Crippen MR) is 141 cm³/mol. The molecular weight excluding hydrogens is 452 g/mol. The van der Waals surface area contributed by atoms with Crippen molar-refractivity contribution >= 4 is 23.3 Å². The van der Waals surface area contributed by atoms with Crippen LogP contribution in [0.3, 0.4) is 0 Å². The highest BCUT2D eigenvalue weighted by atomic mass is 16.4. The van der Waals surface area contributed by atoms with Crippen LogP contribution in [0.25, 0.3) is 16.9 Å². The number of fused-ring (bicyclic) bond motifs is 1. The van der Waals surface area contributed by atoms with Crippen LogP contribution in [-0.4, -0.2) is 38.5 Å². The molecule has 7 heteroatoms. The Labute approximate surface area is 212 Å². The number of carboxylic acids is 1. The predicted octanol–water partition coefficient (Wildman–Crippen LogP) is 5.90. The summed E-state index contributed by atoms with van der Waals surface area (Å²) in [5, 5.41) is 16.3. The van der Waals surface area contributed by atoms with E-state index in [0.717, 1.165) is 55.6 Å². The monoisotopic (exact) mass is 488 g/mol. The second-order valence-corrected chi connectivity index (χ2v) is 10.3. The molecule has 1 atom stereocenters. The van der Waals surface area contributed by atoms with E-state index in [-0.39, 0.29) is 24.3 Å². The minimum Gasteiger partial charge on any atom is -0.481 e. The van der Waals surface area contributed by atoms with Crippen molar-refractivity contribution in [2.24, 2.45) is 5.92 Å². The topological polar surface area (TPSA) is 95.7 Å². The fourth-order valence-electron chi connectivity index (χ4n) is 5.93. The first-order valence-corrected chi connectivity index (χ1v) is 13.5. The van der Waals surface area contributed by atoms with Crippen LogP contribution in [0.2, 0.25) is 0 Å². The van der Waals surface area contributed by atoms with Crippen LogP contribution < -0.4 is 10.6 Å². The largest absolute Gasteiger partial charge is 0.481 e. The Morgan fingerprint density at radius 2 is 1.64 bits per heavy atom. The van der Waals surface area contributed by atoms with E-state index in [9.17, 15) is 14.7 Å². The molecule has 2 heterocycles. The molecule has 1 aromatic carbocycles. The zero-order valence-corrected chi connectivity index (χ0v) is 20.8. The number of carboxylic acid groups (broad SMARTS) is 1. The standard InChI is InChI=1S/C29H36N4O3/c34-25(35)19-24(20-11-4-1-5-12-20)31-29(36)23-17-10-18-33-27(23)32-26(21-13-6-2-7-14-21)28(33)30-22-15-8-3-9-16-22/h2,6-7,10,13-14,17-18,20,22,24,30H,1,3-5,8-9,11-12,15-16,19H2,(H,31,36)(H,34,35). The van der Waals surface area contributed by atoms with Crippen molar-refractivity contribution in [2.45, 2.75) is 82.7 Å². The maximum Gasteiger partial charge on any atom is 0.305 e. The van der Waals surface area contributed by atoms with E-state index in [0.29, 0.717) is 17.3 Å². The van der Waals surface area contributed by atoms with Gasteiger partial charge in [0.15, 0.2) is 5.65 Å². The molecule has 0 bridgehead atoms. The summed E-state index contributed by atoms with van der Waals surface area (Å²) in [6, 6.07) is 13.7. The van der Waals surface area contributed by atoms with Crippen molar-refractivity contribution in [3.8, 4) is 11.3 Å². The fraction of sp³-hybridized carbons (Fsp3) is 0.483. The van der Waals surface area contributed by atoms with E-state index < -0.39 is 5.97 Å². The molecule has 0 aliphatic heterocycles. The van der Waals surface area contributed by atoms with Crippen molar-refractivity contribution in [2.75, 3.05) is 5.32 Å². The number of benzene rings is 1. The van der Waals surface area contributed by atoms with Crippen LogP contribution in [0, 0.1) is 5.92 Å². The van der Waals surface area contributed by atoms with Crippen molar-refractivity contribution < 1.29 is 14.7 Å². The SMILES string of the molecule is O=C(O)CC(NC(=O)c1cccn2c(NC3CCCCC3)c(-c3ccccc3)nc12)C1CCCCC1. The smallest absolute Gasteiger partial charge is 0.305 e. The third kappa shape index (κ3) is 5.40. The summed E-state index contributed by atoms with van der Waals surface area (Å²) in [6.07, 6.45) is 13.1. The summed E-state index contributed by atoms with van der Waals surface area (Å²) in [6.45, 7) is 0. The minimum atomic E-state index is -0.879. The van der Waals surface area contributed by atoms with Crippen molar-refractivity contribution in [1.82, 2.24) is 14.7 Å². The average molecular weight is 489 g/mol. The van der Waals surface area contributed by atoms with Crippen LogP contribution in [0.15, 0.2) is 48.7 Å². The van der Waals surface area contributed by atoms with E-state index in [1.165, 1.54) is 25.7 Å². The lowest BCUT2D eigenvalue weighted by molar-refractivity contribution is -0.137. The van der Waals surface area contributed by atoms with E-state index in [2.05, 4.69) is 10.6 Å². The third-order valence-corrected chi connectivity index (χ3v) is 7.82. The van der Waals surface area contributed by atoms with Crippen molar-refractivity contribution in [3.05, 3.63) is 54.2 Å². The van der Waals surface area contributed by atoms with Gasteiger partial charge in [0.05, 0.1) is 12.0 Å². The van der Waals surface area contributed by atoms with Gasteiger partial charge in [-0.3, -0.25) is 14.0 Å². The number of aliphatic carboxylic acids is 1. The summed E-state index contributed by atoms with van der Waals surface area (Å²) in [5.41, 5.74) is 2.88. The minimum absolute atomic E-state index is 0.0578. The first-order chi connectivity index (χ1) is 17.6. The average Bonchev–Trinajstić information content (AvgIpc) is 3.28. The lowest BCUT2D eigenvalue weighted by Crippen LogP contribution is -2.42. The van der Waals surface area contributed by atoms with Gasteiger partial charge in [-0.2, -0.15) is 0 Å². The van der Waals surface area contributed by atoms with E-state index >= 15 is 0 Å². The van der Waals surface area contributed by atoms with Gasteiger partial charge < -0.3 is 15.7 Å². The van der Waals surface area contributed by atoms with Gasteiger partial charge in [0, 0.05) is 23.8 Å². The van der Waals surface area contributed by atoms with E-state index in [1.807, 2.05) is 47.0 Å². The number of anilines is 1. The van der Waals surface area contributed by atoms with Crippen LogP contribution in [-0.2, 0) is 4.79 Å². The van der Waals surface area contributed by atoms with Crippen LogP contribution >= 0.6 is 0 Å². The van der Waals surface area contributed by atoms with Crippen molar-refractivity contribution in [1.29, 1.82) is 0 Å². The Bertz CT molecular complexity index is 1190. The Morgan fingerprint density at radius 1 is 0.944 bits per heavy atom. The number of carbonyl (C=O) groups is 2. The van der Waals surface area contributed by atoms with E-state index in [1.54, 1.807) is 6.07 Å². The van der Waals surface area contributed by atoms with Crippen molar-refractivity contribution in [3.63, 3.8) is 0 Å². The van der Waals surface area contributed by atoms with Gasteiger partial charge in [-0.05, 0) is 43.7 Å². The molecule has 1 amide bonds. The Hall–Kier alpha value is -3.35. The highest BCUT2D eigenvalue weighted by Gasteiger charge is 2.29. The van der Waals surface area contributed by atoms with Gasteiger partial charge >= 0.3 is 5.97 Å². The number of hydrogen-bond acceptors (Lipinski definition) is 4. The number of aromatic nitrogens is 2. The number of pyridine rings is 1. The summed E-state index contributed by atoms with van der Waals surface area (Å²) in [4.78, 5) is 30.1. The molecule has 2 aliphatic carbocycles. The number of rotatable bonds is 8. The molecule has 7 nitrogen and oxygen atoms in total. The maximum absolute atomic E-state index is 13.6. The van der Waals surface area contributed by atoms with Gasteiger partial charge in [0.2, 0.25) is 0 Å². The lowest BCUT2D eigenvalue weighted by Gasteiger charge is -2.30. The summed E-state index contributed by atoms with van der Waals surface area (Å²) in [5.74, 6) is -0.0321. The molecule has 36 heavy (non-hydrogen) atoms. The quantitative estimate of drug-likeness (QED) is 0.367. The maximum atomic E-state index is 13.6. The molecule has 0 saturated heterocycles.